The Morgan fingerprint density at radius 1 is 1.29 bits per heavy atom. The molecule has 0 radical (unpaired) electrons. The summed E-state index contributed by atoms with van der Waals surface area (Å²) in [6.45, 7) is 4.72. The van der Waals surface area contributed by atoms with Crippen LogP contribution in [0.25, 0.3) is 0 Å². The maximum atomic E-state index is 12.4. The van der Waals surface area contributed by atoms with E-state index in [4.69, 9.17) is 9.47 Å². The number of nitrogens with zero attached hydrogens (tertiary/aromatic N) is 3. The Bertz CT molecular complexity index is 568. The molecule has 0 unspecified atom stereocenters. The molecule has 4 rings (SSSR count). The number of carbonyl (C=O) groups is 1. The number of ether oxygens (including phenoxy) is 2. The van der Waals surface area contributed by atoms with Gasteiger partial charge in [-0.2, -0.15) is 0 Å². The van der Waals surface area contributed by atoms with Gasteiger partial charge in [0.1, 0.15) is 5.60 Å². The van der Waals surface area contributed by atoms with Crippen LogP contribution in [0.5, 0.6) is 5.88 Å². The number of urea groups is 1. The fourth-order valence-electron chi connectivity index (χ4n) is 4.12. The first-order chi connectivity index (χ1) is 11.8. The molecule has 0 N–H and O–H groups in total. The van der Waals surface area contributed by atoms with Crippen LogP contribution in [0.1, 0.15) is 25.7 Å². The topological polar surface area (TPSA) is 54.9 Å². The number of pyridine rings is 1. The highest BCUT2D eigenvalue weighted by molar-refractivity contribution is 5.76. The van der Waals surface area contributed by atoms with Crippen molar-refractivity contribution in [3.63, 3.8) is 0 Å². The molecule has 24 heavy (non-hydrogen) atoms. The van der Waals surface area contributed by atoms with Crippen molar-refractivity contribution in [2.45, 2.75) is 31.3 Å². The van der Waals surface area contributed by atoms with Gasteiger partial charge in [0.15, 0.2) is 0 Å². The van der Waals surface area contributed by atoms with Crippen LogP contribution in [-0.4, -0.2) is 65.8 Å². The second-order valence-corrected chi connectivity index (χ2v) is 7.04. The zero-order chi connectivity index (χ0) is 16.4. The van der Waals surface area contributed by atoms with E-state index < -0.39 is 0 Å². The molecule has 0 bridgehead atoms. The van der Waals surface area contributed by atoms with Gasteiger partial charge in [-0.15, -0.1) is 0 Å². The monoisotopic (exact) mass is 331 g/mol. The van der Waals surface area contributed by atoms with Crippen LogP contribution in [-0.2, 0) is 4.74 Å². The minimum Gasteiger partial charge on any atom is -0.478 e. The molecule has 0 aliphatic carbocycles. The second-order valence-electron chi connectivity index (χ2n) is 7.04. The predicted octanol–water partition coefficient (Wildman–Crippen LogP) is 2.16. The summed E-state index contributed by atoms with van der Waals surface area (Å²) < 4.78 is 11.8. The highest BCUT2D eigenvalue weighted by Gasteiger charge is 2.54. The van der Waals surface area contributed by atoms with E-state index in [0.717, 1.165) is 58.5 Å². The number of aromatic nitrogens is 1. The standard InChI is InChI=1S/C18H25N3O3/c22-17(20-9-3-4-10-20)21-13-18(14-21)15(7-12-24-18)6-11-23-16-5-1-2-8-19-16/h1-2,5,8,15H,3-4,6-7,9-14H2/t15-/m0/s1. The lowest BCUT2D eigenvalue weighted by Crippen LogP contribution is -2.67. The molecule has 0 saturated carbocycles. The number of carbonyl (C=O) groups excluding carboxylic acids is 1. The third-order valence-corrected chi connectivity index (χ3v) is 5.52. The summed E-state index contributed by atoms with van der Waals surface area (Å²) in [5, 5.41) is 0. The Morgan fingerprint density at radius 3 is 2.88 bits per heavy atom. The summed E-state index contributed by atoms with van der Waals surface area (Å²) >= 11 is 0. The first-order valence-corrected chi connectivity index (χ1v) is 8.98. The van der Waals surface area contributed by atoms with E-state index in [9.17, 15) is 4.79 Å². The molecule has 130 valence electrons. The minimum atomic E-state index is -0.136. The van der Waals surface area contributed by atoms with E-state index in [0.29, 0.717) is 18.4 Å². The molecule has 0 aromatic carbocycles. The number of hydrogen-bond acceptors (Lipinski definition) is 4. The van der Waals surface area contributed by atoms with E-state index in [1.165, 1.54) is 0 Å². The maximum Gasteiger partial charge on any atom is 0.320 e. The third-order valence-electron chi connectivity index (χ3n) is 5.52. The molecule has 4 heterocycles. The number of likely N-dealkylation sites (tertiary alicyclic amines) is 2. The maximum absolute atomic E-state index is 12.4. The van der Waals surface area contributed by atoms with Gasteiger partial charge >= 0.3 is 6.03 Å². The molecule has 3 fully saturated rings. The molecule has 3 aliphatic rings. The van der Waals surface area contributed by atoms with Gasteiger partial charge in [0.05, 0.1) is 19.7 Å². The Labute approximate surface area is 142 Å². The van der Waals surface area contributed by atoms with Crippen LogP contribution in [0, 0.1) is 5.92 Å². The quantitative estimate of drug-likeness (QED) is 0.848. The first kappa shape index (κ1) is 15.7. The first-order valence-electron chi connectivity index (χ1n) is 8.98. The lowest BCUT2D eigenvalue weighted by Gasteiger charge is -2.51. The predicted molar refractivity (Wildman–Crippen MR) is 88.9 cm³/mol. The summed E-state index contributed by atoms with van der Waals surface area (Å²) in [5.74, 6) is 1.13. The van der Waals surface area contributed by atoms with Crippen molar-refractivity contribution in [2.24, 2.45) is 5.92 Å². The molecule has 1 aromatic heterocycles. The molecule has 1 aromatic rings. The highest BCUT2D eigenvalue weighted by Crippen LogP contribution is 2.42. The van der Waals surface area contributed by atoms with Gasteiger partial charge in [0.25, 0.3) is 0 Å². The number of hydrogen-bond donors (Lipinski definition) is 0. The van der Waals surface area contributed by atoms with Crippen molar-refractivity contribution in [1.29, 1.82) is 0 Å². The van der Waals surface area contributed by atoms with Crippen LogP contribution < -0.4 is 4.74 Å². The molecule has 2 amide bonds. The minimum absolute atomic E-state index is 0.136. The lowest BCUT2D eigenvalue weighted by atomic mass is 9.79. The van der Waals surface area contributed by atoms with Crippen LogP contribution in [0.3, 0.4) is 0 Å². The van der Waals surface area contributed by atoms with E-state index in [-0.39, 0.29) is 11.6 Å². The Balaban J connectivity index is 1.27. The van der Waals surface area contributed by atoms with Crippen molar-refractivity contribution in [1.82, 2.24) is 14.8 Å². The third kappa shape index (κ3) is 2.95. The van der Waals surface area contributed by atoms with Crippen LogP contribution in [0.4, 0.5) is 4.79 Å². The number of rotatable bonds is 4. The Morgan fingerprint density at radius 2 is 2.12 bits per heavy atom. The van der Waals surface area contributed by atoms with Crippen molar-refractivity contribution >= 4 is 6.03 Å². The SMILES string of the molecule is O=C(N1CCCC1)N1CC2(C1)OCC[C@@H]2CCOc1ccccn1. The normalized spacial score (nSPS) is 25.1. The van der Waals surface area contributed by atoms with Gasteiger partial charge in [0.2, 0.25) is 5.88 Å². The van der Waals surface area contributed by atoms with E-state index >= 15 is 0 Å². The van der Waals surface area contributed by atoms with Crippen molar-refractivity contribution < 1.29 is 14.3 Å². The molecule has 1 atom stereocenters. The van der Waals surface area contributed by atoms with Gasteiger partial charge in [-0.3, -0.25) is 0 Å². The van der Waals surface area contributed by atoms with Gasteiger partial charge in [0, 0.05) is 32.0 Å². The van der Waals surface area contributed by atoms with E-state index in [1.807, 2.05) is 28.0 Å². The molecule has 6 nitrogen and oxygen atoms in total. The molecule has 1 spiro atoms. The zero-order valence-corrected chi connectivity index (χ0v) is 14.0. The van der Waals surface area contributed by atoms with Crippen molar-refractivity contribution in [2.75, 3.05) is 39.4 Å². The largest absolute Gasteiger partial charge is 0.478 e. The molecule has 3 saturated heterocycles. The van der Waals surface area contributed by atoms with E-state index in [1.54, 1.807) is 6.20 Å². The smallest absolute Gasteiger partial charge is 0.320 e. The summed E-state index contributed by atoms with van der Waals surface area (Å²) in [6.07, 6.45) is 6.01. The fourth-order valence-corrected chi connectivity index (χ4v) is 4.12. The molecule has 6 heteroatoms. The van der Waals surface area contributed by atoms with Crippen LogP contribution in [0.2, 0.25) is 0 Å². The van der Waals surface area contributed by atoms with Gasteiger partial charge < -0.3 is 19.3 Å². The van der Waals surface area contributed by atoms with Gasteiger partial charge in [-0.25, -0.2) is 9.78 Å². The summed E-state index contributed by atoms with van der Waals surface area (Å²) in [4.78, 5) is 20.5. The second kappa shape index (κ2) is 6.59. The summed E-state index contributed by atoms with van der Waals surface area (Å²) in [6, 6.07) is 5.88. The summed E-state index contributed by atoms with van der Waals surface area (Å²) in [5.41, 5.74) is -0.136. The molecule has 3 aliphatic heterocycles. The zero-order valence-electron chi connectivity index (χ0n) is 14.0. The van der Waals surface area contributed by atoms with Crippen LogP contribution >= 0.6 is 0 Å². The van der Waals surface area contributed by atoms with Gasteiger partial charge in [-0.1, -0.05) is 6.07 Å². The molecular formula is C18H25N3O3. The van der Waals surface area contributed by atoms with Gasteiger partial charge in [-0.05, 0) is 37.7 Å². The number of amides is 2. The average Bonchev–Trinajstić information content (AvgIpc) is 3.24. The Kier molecular flexibility index (Phi) is 4.31. The summed E-state index contributed by atoms with van der Waals surface area (Å²) in [7, 11) is 0. The van der Waals surface area contributed by atoms with Crippen molar-refractivity contribution in [3.8, 4) is 5.88 Å². The highest BCUT2D eigenvalue weighted by atomic mass is 16.5. The average molecular weight is 331 g/mol. The molecular weight excluding hydrogens is 306 g/mol. The fraction of sp³-hybridized carbons (Fsp3) is 0.667. The lowest BCUT2D eigenvalue weighted by molar-refractivity contribution is -0.119. The van der Waals surface area contributed by atoms with Crippen LogP contribution in [0.15, 0.2) is 24.4 Å². The Hall–Kier alpha value is -1.82. The van der Waals surface area contributed by atoms with E-state index in [2.05, 4.69) is 4.98 Å². The van der Waals surface area contributed by atoms with Crippen molar-refractivity contribution in [3.05, 3.63) is 24.4 Å².